The molecule has 0 aliphatic carbocycles. The van der Waals surface area contributed by atoms with Crippen LogP contribution in [0.4, 0.5) is 0 Å². The van der Waals surface area contributed by atoms with Gasteiger partial charge in [-0.3, -0.25) is 4.79 Å². The molecule has 0 saturated heterocycles. The third-order valence-electron chi connectivity index (χ3n) is 4.52. The Morgan fingerprint density at radius 3 is 2.89 bits per heavy atom. The second kappa shape index (κ2) is 8.20. The average Bonchev–Trinajstić information content (AvgIpc) is 3.27. The monoisotopic (exact) mass is 388 g/mol. The maximum absolute atomic E-state index is 12.8. The van der Waals surface area contributed by atoms with Crippen LogP contribution in [0.15, 0.2) is 23.7 Å². The number of thiazole rings is 1. The van der Waals surface area contributed by atoms with Gasteiger partial charge in [-0.2, -0.15) is 0 Å². The second-order valence-corrected chi connectivity index (χ2v) is 7.68. The van der Waals surface area contributed by atoms with Crippen molar-refractivity contribution in [1.29, 1.82) is 0 Å². The van der Waals surface area contributed by atoms with Crippen molar-refractivity contribution in [3.8, 4) is 0 Å². The summed E-state index contributed by atoms with van der Waals surface area (Å²) < 4.78 is 10.5. The van der Waals surface area contributed by atoms with Crippen LogP contribution in [0.1, 0.15) is 40.3 Å². The van der Waals surface area contributed by atoms with E-state index in [0.29, 0.717) is 28.2 Å². The number of aromatic nitrogens is 1. The zero-order valence-corrected chi connectivity index (χ0v) is 16.2. The number of hydrogen-bond acceptors (Lipinski definition) is 7. The zero-order chi connectivity index (χ0) is 19.6. The maximum atomic E-state index is 12.8. The fourth-order valence-corrected chi connectivity index (χ4v) is 3.54. The van der Waals surface area contributed by atoms with Crippen LogP contribution >= 0.6 is 11.3 Å². The number of benzene rings is 1. The Bertz CT molecular complexity index is 841. The summed E-state index contributed by atoms with van der Waals surface area (Å²) in [5, 5.41) is 15.2. The summed E-state index contributed by atoms with van der Waals surface area (Å²) in [6.45, 7) is 5.83. The van der Waals surface area contributed by atoms with Crippen molar-refractivity contribution in [1.82, 2.24) is 10.3 Å². The van der Waals surface area contributed by atoms with Crippen molar-refractivity contribution in [2.45, 2.75) is 40.0 Å². The van der Waals surface area contributed by atoms with Gasteiger partial charge in [0, 0.05) is 17.1 Å². The Labute approximate surface area is 161 Å². The Hall–Kier alpha value is -2.23. The molecule has 2 aromatic rings. The highest BCUT2D eigenvalue weighted by Crippen LogP contribution is 2.17. The predicted molar refractivity (Wildman–Crippen MR) is 102 cm³/mol. The van der Waals surface area contributed by atoms with Crippen molar-refractivity contribution in [3.05, 3.63) is 45.4 Å². The third-order valence-corrected chi connectivity index (χ3v) is 5.28. The first-order valence-corrected chi connectivity index (χ1v) is 9.54. The minimum Gasteiger partial charge on any atom is -0.457 e. The summed E-state index contributed by atoms with van der Waals surface area (Å²) in [7, 11) is -1.03. The topological polar surface area (TPSA) is 97.8 Å². The molecule has 7 nitrogen and oxygen atoms in total. The van der Waals surface area contributed by atoms with Crippen LogP contribution in [0.2, 0.25) is 0 Å². The summed E-state index contributed by atoms with van der Waals surface area (Å²) in [6.07, 6.45) is 1.64. The van der Waals surface area contributed by atoms with Crippen LogP contribution in [0.25, 0.3) is 0 Å². The van der Waals surface area contributed by atoms with Crippen molar-refractivity contribution in [2.24, 2.45) is 5.92 Å². The van der Waals surface area contributed by atoms with Crippen molar-refractivity contribution < 1.29 is 24.0 Å². The molecular weight excluding hydrogens is 367 g/mol. The van der Waals surface area contributed by atoms with E-state index in [1.54, 1.807) is 30.6 Å². The van der Waals surface area contributed by atoms with Gasteiger partial charge in [0.25, 0.3) is 5.91 Å². The largest absolute Gasteiger partial charge is 0.492 e. The number of carbonyl (C=O) groups excluding carboxylic acids is 2. The molecule has 3 rings (SSSR count). The van der Waals surface area contributed by atoms with Gasteiger partial charge < -0.3 is 19.7 Å². The van der Waals surface area contributed by atoms with Gasteiger partial charge in [0.05, 0.1) is 6.61 Å². The zero-order valence-electron chi connectivity index (χ0n) is 15.4. The first-order chi connectivity index (χ1) is 12.9. The number of amides is 1. The summed E-state index contributed by atoms with van der Waals surface area (Å²) in [5.74, 6) is -1.04. The smallest absolute Gasteiger partial charge is 0.457 e. The highest BCUT2D eigenvalue weighted by Gasteiger charge is 2.32. The molecule has 1 aliphatic rings. The summed E-state index contributed by atoms with van der Waals surface area (Å²) in [4.78, 5) is 29.3. The molecule has 1 amide bonds. The van der Waals surface area contributed by atoms with Crippen LogP contribution in [-0.4, -0.2) is 35.0 Å². The number of nitrogens with one attached hydrogen (secondary N) is 1. The number of nitrogens with zero attached hydrogens (tertiary/aromatic N) is 1. The molecule has 0 spiro atoms. The second-order valence-electron chi connectivity index (χ2n) is 6.70. The first-order valence-electron chi connectivity index (χ1n) is 8.66. The number of fused-ring (bicyclic) bond motifs is 1. The highest BCUT2D eigenvalue weighted by molar-refractivity contribution is 7.09. The van der Waals surface area contributed by atoms with Crippen LogP contribution in [0, 0.1) is 12.8 Å². The lowest BCUT2D eigenvalue weighted by molar-refractivity contribution is -0.148. The lowest BCUT2D eigenvalue weighted by Gasteiger charge is -2.21. The number of esters is 1. The number of rotatable bonds is 6. The number of hydrogen-bond donors (Lipinski definition) is 2. The molecule has 142 valence electrons. The molecule has 0 bridgehead atoms. The van der Waals surface area contributed by atoms with E-state index >= 15 is 0 Å². The van der Waals surface area contributed by atoms with E-state index < -0.39 is 19.1 Å². The molecule has 1 atom stereocenters. The van der Waals surface area contributed by atoms with Gasteiger partial charge in [-0.1, -0.05) is 19.9 Å². The van der Waals surface area contributed by atoms with E-state index in [9.17, 15) is 14.6 Å². The van der Waals surface area contributed by atoms with Crippen molar-refractivity contribution >= 4 is 35.8 Å². The molecule has 0 saturated carbocycles. The first kappa shape index (κ1) is 19.5. The van der Waals surface area contributed by atoms with Crippen LogP contribution in [-0.2, 0) is 27.4 Å². The Morgan fingerprint density at radius 2 is 2.22 bits per heavy atom. The average molecular weight is 388 g/mol. The minimum atomic E-state index is -1.03. The van der Waals surface area contributed by atoms with E-state index in [0.717, 1.165) is 5.56 Å². The molecule has 2 heterocycles. The summed E-state index contributed by atoms with van der Waals surface area (Å²) in [5.41, 5.74) is 2.53. The maximum Gasteiger partial charge on any atom is 0.492 e. The Kier molecular flexibility index (Phi) is 5.93. The van der Waals surface area contributed by atoms with E-state index in [2.05, 4.69) is 10.3 Å². The molecule has 2 N–H and O–H groups in total. The standard InChI is InChI=1S/C18H21BN2O5S/c1-10(2)16(18(23)25-9-14-20-6-7-27-14)21-17(22)13-5-4-12-8-26-19(24)15(12)11(13)3/h4-7,10,16,24H,8-9H2,1-3H3,(H,21,22)/t16-/m0/s1. The highest BCUT2D eigenvalue weighted by atomic mass is 32.1. The lowest BCUT2D eigenvalue weighted by atomic mass is 9.75. The normalized spacial score (nSPS) is 14.2. The van der Waals surface area contributed by atoms with Gasteiger partial charge in [-0.15, -0.1) is 11.3 Å². The molecule has 0 fully saturated rings. The lowest BCUT2D eigenvalue weighted by Crippen LogP contribution is -2.46. The van der Waals surface area contributed by atoms with Crippen LogP contribution in [0.3, 0.4) is 0 Å². The summed E-state index contributed by atoms with van der Waals surface area (Å²) in [6, 6.07) is 2.66. The molecule has 0 unspecified atom stereocenters. The van der Waals surface area contributed by atoms with Crippen molar-refractivity contribution in [3.63, 3.8) is 0 Å². The number of ether oxygens (including phenoxy) is 1. The molecule has 27 heavy (non-hydrogen) atoms. The van der Waals surface area contributed by atoms with Gasteiger partial charge in [-0.25, -0.2) is 9.78 Å². The van der Waals surface area contributed by atoms with Crippen LogP contribution in [0.5, 0.6) is 0 Å². The molecule has 9 heteroatoms. The van der Waals surface area contributed by atoms with Gasteiger partial charge in [0.2, 0.25) is 0 Å². The van der Waals surface area contributed by atoms with Gasteiger partial charge in [0.1, 0.15) is 17.7 Å². The molecule has 1 aromatic heterocycles. The third kappa shape index (κ3) is 4.21. The quantitative estimate of drug-likeness (QED) is 0.570. The van der Waals surface area contributed by atoms with Gasteiger partial charge in [0.15, 0.2) is 0 Å². The molecule has 1 aliphatic heterocycles. The van der Waals surface area contributed by atoms with Gasteiger partial charge >= 0.3 is 13.1 Å². The Morgan fingerprint density at radius 1 is 1.44 bits per heavy atom. The van der Waals surface area contributed by atoms with Crippen LogP contribution < -0.4 is 10.8 Å². The minimum absolute atomic E-state index is 0.0804. The van der Waals surface area contributed by atoms with Gasteiger partial charge in [-0.05, 0) is 35.5 Å². The van der Waals surface area contributed by atoms with Crippen molar-refractivity contribution in [2.75, 3.05) is 0 Å². The molecule has 1 aromatic carbocycles. The van der Waals surface area contributed by atoms with E-state index in [1.165, 1.54) is 11.3 Å². The van der Waals surface area contributed by atoms with E-state index in [-0.39, 0.29) is 18.4 Å². The fraction of sp³-hybridized carbons (Fsp3) is 0.389. The Balaban J connectivity index is 1.72. The fourth-order valence-electron chi connectivity index (χ4n) is 3.02. The van der Waals surface area contributed by atoms with E-state index in [4.69, 9.17) is 9.39 Å². The SMILES string of the molecule is Cc1c(C(=O)N[C@H](C(=O)OCc2nccs2)C(C)C)ccc2c1B(O)OC2. The predicted octanol–water partition coefficient (Wildman–Crippen LogP) is 1.17. The molecular formula is C18H21BN2O5S. The summed E-state index contributed by atoms with van der Waals surface area (Å²) >= 11 is 1.40. The molecule has 0 radical (unpaired) electrons. The number of carbonyl (C=O) groups is 2. The van der Waals surface area contributed by atoms with E-state index in [1.807, 2.05) is 13.8 Å².